The van der Waals surface area contributed by atoms with Crippen molar-refractivity contribution in [2.75, 3.05) is 12.4 Å². The molecule has 8 heteroatoms. The number of allylic oxidation sites excluding steroid dienone is 6. The van der Waals surface area contributed by atoms with Crippen molar-refractivity contribution in [1.29, 1.82) is 0 Å². The lowest BCUT2D eigenvalue weighted by Gasteiger charge is -2.22. The molecule has 3 rings (SSSR count). The van der Waals surface area contributed by atoms with Crippen LogP contribution in [0.15, 0.2) is 48.3 Å². The van der Waals surface area contributed by atoms with Gasteiger partial charge in [0.2, 0.25) is 0 Å². The number of rotatable bonds is 3. The summed E-state index contributed by atoms with van der Waals surface area (Å²) in [5, 5.41) is 6.66. The SMILES string of the molecule is CNc1c(/C2=C/C=C\C(C)(C)CC(C)=C2)c(C(F)(F)F)nn1-c1ncccn1. The highest BCUT2D eigenvalue weighted by molar-refractivity contribution is 5.84. The van der Waals surface area contributed by atoms with Crippen LogP contribution in [0.5, 0.6) is 0 Å². The number of alkyl halides is 3. The molecule has 0 spiro atoms. The fourth-order valence-electron chi connectivity index (χ4n) is 3.38. The topological polar surface area (TPSA) is 55.6 Å². The molecule has 0 atom stereocenters. The lowest BCUT2D eigenvalue weighted by Crippen LogP contribution is -2.11. The molecule has 0 bridgehead atoms. The molecule has 5 nitrogen and oxygen atoms in total. The van der Waals surface area contributed by atoms with Gasteiger partial charge in [0.15, 0.2) is 5.69 Å². The van der Waals surface area contributed by atoms with E-state index in [1.165, 1.54) is 12.4 Å². The van der Waals surface area contributed by atoms with Gasteiger partial charge in [-0.15, -0.1) is 0 Å². The van der Waals surface area contributed by atoms with Gasteiger partial charge < -0.3 is 5.32 Å². The molecule has 0 amide bonds. The zero-order chi connectivity index (χ0) is 20.5. The Morgan fingerprint density at radius 3 is 2.46 bits per heavy atom. The molecular weight excluding hydrogens is 367 g/mol. The summed E-state index contributed by atoms with van der Waals surface area (Å²) in [6, 6.07) is 1.59. The molecule has 1 aliphatic carbocycles. The molecule has 28 heavy (non-hydrogen) atoms. The number of aromatic nitrogens is 4. The zero-order valence-electron chi connectivity index (χ0n) is 16.2. The first-order valence-corrected chi connectivity index (χ1v) is 8.85. The van der Waals surface area contributed by atoms with Crippen molar-refractivity contribution in [3.05, 3.63) is 59.6 Å². The molecular formula is C20H22F3N5. The van der Waals surface area contributed by atoms with Crippen LogP contribution in [0.2, 0.25) is 0 Å². The number of nitrogens with zero attached hydrogens (tertiary/aromatic N) is 4. The van der Waals surface area contributed by atoms with Gasteiger partial charge in [0, 0.05) is 19.4 Å². The maximum absolute atomic E-state index is 13.8. The Hall–Kier alpha value is -2.90. The highest BCUT2D eigenvalue weighted by Gasteiger charge is 2.40. The normalized spacial score (nSPS) is 19.8. The van der Waals surface area contributed by atoms with Gasteiger partial charge in [0.05, 0.1) is 5.56 Å². The van der Waals surface area contributed by atoms with E-state index in [-0.39, 0.29) is 22.7 Å². The van der Waals surface area contributed by atoms with Crippen LogP contribution in [0.3, 0.4) is 0 Å². The molecule has 1 aliphatic rings. The Morgan fingerprint density at radius 2 is 1.86 bits per heavy atom. The molecule has 0 aromatic carbocycles. The highest BCUT2D eigenvalue weighted by Crippen LogP contribution is 2.41. The van der Waals surface area contributed by atoms with Crippen LogP contribution in [-0.4, -0.2) is 26.8 Å². The minimum absolute atomic E-state index is 0.0221. The van der Waals surface area contributed by atoms with Gasteiger partial charge in [-0.25, -0.2) is 9.97 Å². The van der Waals surface area contributed by atoms with E-state index in [1.807, 2.05) is 13.0 Å². The van der Waals surface area contributed by atoms with E-state index in [9.17, 15) is 13.2 Å². The Kier molecular flexibility index (Phi) is 5.14. The van der Waals surface area contributed by atoms with Gasteiger partial charge in [0.25, 0.3) is 5.95 Å². The van der Waals surface area contributed by atoms with Gasteiger partial charge in [-0.05, 0) is 30.4 Å². The van der Waals surface area contributed by atoms with Crippen LogP contribution < -0.4 is 5.32 Å². The first kappa shape index (κ1) is 19.9. The smallest absolute Gasteiger partial charge is 0.372 e. The summed E-state index contributed by atoms with van der Waals surface area (Å²) in [6.07, 6.45) is 6.31. The van der Waals surface area contributed by atoms with Crippen LogP contribution in [-0.2, 0) is 6.18 Å². The van der Waals surface area contributed by atoms with Crippen molar-refractivity contribution >= 4 is 11.4 Å². The molecule has 0 unspecified atom stereocenters. The van der Waals surface area contributed by atoms with Crippen molar-refractivity contribution in [2.24, 2.45) is 5.41 Å². The zero-order valence-corrected chi connectivity index (χ0v) is 16.2. The third-order valence-corrected chi connectivity index (χ3v) is 4.38. The lowest BCUT2D eigenvalue weighted by atomic mass is 9.83. The van der Waals surface area contributed by atoms with Gasteiger partial charge in [-0.1, -0.05) is 43.7 Å². The third kappa shape index (κ3) is 4.00. The molecule has 2 aromatic rings. The molecule has 2 aromatic heterocycles. The summed E-state index contributed by atoms with van der Waals surface area (Å²) in [4.78, 5) is 8.08. The maximum atomic E-state index is 13.8. The largest absolute Gasteiger partial charge is 0.435 e. The third-order valence-electron chi connectivity index (χ3n) is 4.38. The number of halogens is 3. The fourth-order valence-corrected chi connectivity index (χ4v) is 3.38. The van der Waals surface area contributed by atoms with E-state index in [0.717, 1.165) is 16.7 Å². The first-order valence-electron chi connectivity index (χ1n) is 8.85. The number of hydrogen-bond donors (Lipinski definition) is 1. The predicted octanol–water partition coefficient (Wildman–Crippen LogP) is 5.04. The van der Waals surface area contributed by atoms with E-state index in [1.54, 1.807) is 31.3 Å². The predicted molar refractivity (Wildman–Crippen MR) is 103 cm³/mol. The molecule has 0 saturated heterocycles. The van der Waals surface area contributed by atoms with Gasteiger partial charge >= 0.3 is 6.18 Å². The lowest BCUT2D eigenvalue weighted by molar-refractivity contribution is -0.141. The molecule has 1 N–H and O–H groups in total. The van der Waals surface area contributed by atoms with E-state index in [2.05, 4.69) is 34.2 Å². The molecule has 2 heterocycles. The first-order chi connectivity index (χ1) is 13.1. The van der Waals surface area contributed by atoms with Crippen molar-refractivity contribution in [3.63, 3.8) is 0 Å². The van der Waals surface area contributed by atoms with Crippen LogP contribution >= 0.6 is 0 Å². The molecule has 0 saturated carbocycles. The van der Waals surface area contributed by atoms with Crippen molar-refractivity contribution < 1.29 is 13.2 Å². The monoisotopic (exact) mass is 389 g/mol. The summed E-state index contributed by atoms with van der Waals surface area (Å²) in [5.74, 6) is 0.245. The second kappa shape index (κ2) is 7.26. The molecule has 0 radical (unpaired) electrons. The van der Waals surface area contributed by atoms with E-state index in [0.29, 0.717) is 5.57 Å². The van der Waals surface area contributed by atoms with Crippen molar-refractivity contribution in [2.45, 2.75) is 33.4 Å². The fraction of sp³-hybridized carbons (Fsp3) is 0.350. The van der Waals surface area contributed by atoms with Crippen molar-refractivity contribution in [1.82, 2.24) is 19.7 Å². The minimum Gasteiger partial charge on any atom is -0.372 e. The van der Waals surface area contributed by atoms with Gasteiger partial charge in [-0.3, -0.25) is 0 Å². The minimum atomic E-state index is -4.63. The Labute approximate surface area is 161 Å². The van der Waals surface area contributed by atoms with Crippen LogP contribution in [0.25, 0.3) is 11.5 Å². The van der Waals surface area contributed by atoms with Gasteiger partial charge in [0.1, 0.15) is 5.82 Å². The van der Waals surface area contributed by atoms with Crippen LogP contribution in [0.1, 0.15) is 38.4 Å². The Bertz CT molecular complexity index is 950. The van der Waals surface area contributed by atoms with E-state index in [4.69, 9.17) is 0 Å². The van der Waals surface area contributed by atoms with Crippen LogP contribution in [0, 0.1) is 5.41 Å². The molecule has 0 aliphatic heterocycles. The Balaban J connectivity index is 2.28. The average Bonchev–Trinajstić information content (AvgIpc) is 2.99. The summed E-state index contributed by atoms with van der Waals surface area (Å²) in [6.45, 7) is 6.10. The van der Waals surface area contributed by atoms with Crippen molar-refractivity contribution in [3.8, 4) is 5.95 Å². The number of nitrogens with one attached hydrogen (secondary N) is 1. The second-order valence-electron chi connectivity index (χ2n) is 7.42. The quantitative estimate of drug-likeness (QED) is 0.799. The summed E-state index contributed by atoms with van der Waals surface area (Å²) in [5.41, 5.74) is 0.352. The highest BCUT2D eigenvalue weighted by atomic mass is 19.4. The number of hydrogen-bond acceptors (Lipinski definition) is 4. The summed E-state index contributed by atoms with van der Waals surface area (Å²) >= 11 is 0. The van der Waals surface area contributed by atoms with E-state index < -0.39 is 11.9 Å². The average molecular weight is 389 g/mol. The van der Waals surface area contributed by atoms with E-state index >= 15 is 0 Å². The summed E-state index contributed by atoms with van der Waals surface area (Å²) < 4.78 is 42.6. The summed E-state index contributed by atoms with van der Waals surface area (Å²) in [7, 11) is 1.55. The van der Waals surface area contributed by atoms with Gasteiger partial charge in [-0.2, -0.15) is 23.0 Å². The second-order valence-corrected chi connectivity index (χ2v) is 7.42. The maximum Gasteiger partial charge on any atom is 0.435 e. The number of anilines is 1. The van der Waals surface area contributed by atoms with Crippen LogP contribution in [0.4, 0.5) is 19.0 Å². The molecule has 148 valence electrons. The standard InChI is InChI=1S/C20H22F3N5/c1-13-11-14(7-5-8-19(2,3)12-13)15-16(20(21,22)23)27-28(17(15)24-4)18-25-9-6-10-26-18/h5-11,24H,12H2,1-4H3/b8-5-,13-11?,14-7+. The Morgan fingerprint density at radius 1 is 1.18 bits per heavy atom. The molecule has 0 fully saturated rings.